The lowest BCUT2D eigenvalue weighted by atomic mass is 10.1. The van der Waals surface area contributed by atoms with E-state index in [1.165, 1.54) is 6.92 Å². The molecular weight excluding hydrogens is 217 g/mol. The minimum atomic E-state index is -0.777. The second-order valence-electron chi connectivity index (χ2n) is 2.71. The van der Waals surface area contributed by atoms with Crippen LogP contribution >= 0.6 is 23.2 Å². The normalized spacial score (nSPS) is 10.6. The van der Waals surface area contributed by atoms with E-state index < -0.39 is 16.7 Å². The molecule has 0 aliphatic carbocycles. The van der Waals surface area contributed by atoms with Crippen molar-refractivity contribution in [1.29, 1.82) is 0 Å². The predicted octanol–water partition coefficient (Wildman–Crippen LogP) is 4.14. The maximum atomic E-state index is 13.2. The highest BCUT2D eigenvalue weighted by Gasteiger charge is 2.18. The van der Waals surface area contributed by atoms with Gasteiger partial charge in [0, 0.05) is 11.1 Å². The first-order valence-corrected chi connectivity index (χ1v) is 4.57. The highest BCUT2D eigenvalue weighted by Crippen LogP contribution is 2.32. The molecule has 1 aromatic rings. The van der Waals surface area contributed by atoms with Crippen molar-refractivity contribution in [3.8, 4) is 0 Å². The van der Waals surface area contributed by atoms with Crippen LogP contribution in [-0.4, -0.2) is 0 Å². The van der Waals surface area contributed by atoms with Crippen molar-refractivity contribution in [2.75, 3.05) is 0 Å². The Morgan fingerprint density at radius 3 is 2.08 bits per heavy atom. The Labute approximate surface area is 85.5 Å². The topological polar surface area (TPSA) is 0 Å². The van der Waals surface area contributed by atoms with E-state index in [-0.39, 0.29) is 16.1 Å². The molecule has 0 saturated carbocycles. The molecule has 13 heavy (non-hydrogen) atoms. The third-order valence-electron chi connectivity index (χ3n) is 1.93. The summed E-state index contributed by atoms with van der Waals surface area (Å²) in [6.07, 6.45) is 0.394. The number of hydrogen-bond donors (Lipinski definition) is 0. The molecule has 0 heterocycles. The lowest BCUT2D eigenvalue weighted by molar-refractivity contribution is 0.569. The van der Waals surface area contributed by atoms with Crippen molar-refractivity contribution >= 4 is 23.2 Å². The van der Waals surface area contributed by atoms with Crippen LogP contribution in [0.15, 0.2) is 0 Å². The fraction of sp³-hybridized carbons (Fsp3) is 0.333. The molecule has 0 nitrogen and oxygen atoms in total. The van der Waals surface area contributed by atoms with Crippen LogP contribution in [0.4, 0.5) is 8.78 Å². The van der Waals surface area contributed by atoms with E-state index in [0.29, 0.717) is 6.42 Å². The third kappa shape index (κ3) is 1.65. The highest BCUT2D eigenvalue weighted by atomic mass is 35.5. The number of benzene rings is 1. The lowest BCUT2D eigenvalue weighted by Crippen LogP contribution is -1.98. The van der Waals surface area contributed by atoms with Gasteiger partial charge in [0.25, 0.3) is 0 Å². The van der Waals surface area contributed by atoms with Gasteiger partial charge in [-0.15, -0.1) is 0 Å². The van der Waals surface area contributed by atoms with E-state index in [1.807, 2.05) is 0 Å². The van der Waals surface area contributed by atoms with Crippen LogP contribution < -0.4 is 0 Å². The predicted molar refractivity (Wildman–Crippen MR) is 50.5 cm³/mol. The van der Waals surface area contributed by atoms with E-state index in [2.05, 4.69) is 0 Å². The van der Waals surface area contributed by atoms with Crippen molar-refractivity contribution in [2.24, 2.45) is 0 Å². The molecule has 1 rings (SSSR count). The number of halogens is 4. The molecule has 0 spiro atoms. The maximum absolute atomic E-state index is 13.2. The van der Waals surface area contributed by atoms with Crippen LogP contribution in [0.5, 0.6) is 0 Å². The van der Waals surface area contributed by atoms with Gasteiger partial charge >= 0.3 is 0 Å². The summed E-state index contributed by atoms with van der Waals surface area (Å²) in [5.74, 6) is -1.53. The fourth-order valence-corrected chi connectivity index (χ4v) is 1.68. The number of hydrogen-bond acceptors (Lipinski definition) is 0. The quantitative estimate of drug-likeness (QED) is 0.497. The molecule has 0 atom stereocenters. The smallest absolute Gasteiger partial charge is 0.149 e. The Hall–Kier alpha value is -0.340. The molecular formula is C9H8Cl2F2. The minimum Gasteiger partial charge on any atom is -0.205 e. The Morgan fingerprint density at radius 2 is 1.62 bits per heavy atom. The van der Waals surface area contributed by atoms with Crippen LogP contribution in [0.1, 0.15) is 18.1 Å². The van der Waals surface area contributed by atoms with Gasteiger partial charge in [-0.3, -0.25) is 0 Å². The monoisotopic (exact) mass is 224 g/mol. The van der Waals surface area contributed by atoms with E-state index in [0.717, 1.165) is 0 Å². The van der Waals surface area contributed by atoms with Gasteiger partial charge in [-0.05, 0) is 13.3 Å². The van der Waals surface area contributed by atoms with E-state index in [4.69, 9.17) is 23.2 Å². The van der Waals surface area contributed by atoms with Crippen LogP contribution in [0.2, 0.25) is 10.0 Å². The standard InChI is InChI=1S/C9H8Cl2F2/c1-3-5-6(10)4(2)8(12)7(11)9(5)13/h3H2,1-2H3. The second kappa shape index (κ2) is 3.81. The average Bonchev–Trinajstić information content (AvgIpc) is 2.13. The van der Waals surface area contributed by atoms with E-state index >= 15 is 0 Å². The molecule has 0 aliphatic heterocycles. The van der Waals surface area contributed by atoms with Crippen molar-refractivity contribution in [3.05, 3.63) is 32.8 Å². The summed E-state index contributed by atoms with van der Waals surface area (Å²) in [4.78, 5) is 0. The second-order valence-corrected chi connectivity index (χ2v) is 3.47. The first-order chi connectivity index (χ1) is 6.00. The summed E-state index contributed by atoms with van der Waals surface area (Å²) in [5.41, 5.74) is 0.468. The molecule has 0 N–H and O–H groups in total. The molecule has 72 valence electrons. The van der Waals surface area contributed by atoms with Crippen molar-refractivity contribution < 1.29 is 8.78 Å². The summed E-state index contributed by atoms with van der Waals surface area (Å²) >= 11 is 11.2. The summed E-state index contributed by atoms with van der Waals surface area (Å²) in [5, 5.41) is -0.347. The third-order valence-corrected chi connectivity index (χ3v) is 2.77. The summed E-state index contributed by atoms with van der Waals surface area (Å²) in [7, 11) is 0. The molecule has 0 radical (unpaired) electrons. The molecule has 0 unspecified atom stereocenters. The molecule has 0 amide bonds. The Bertz CT molecular complexity index is 319. The summed E-state index contributed by atoms with van der Waals surface area (Å²) < 4.78 is 26.4. The molecule has 1 aromatic carbocycles. The Balaban J connectivity index is 3.56. The first kappa shape index (κ1) is 10.7. The van der Waals surface area contributed by atoms with Gasteiger partial charge in [0.05, 0.1) is 5.02 Å². The number of rotatable bonds is 1. The van der Waals surface area contributed by atoms with Gasteiger partial charge in [-0.25, -0.2) is 8.78 Å². The van der Waals surface area contributed by atoms with Gasteiger partial charge in [-0.1, -0.05) is 30.1 Å². The molecule has 0 saturated heterocycles. The summed E-state index contributed by atoms with van der Waals surface area (Å²) in [6.45, 7) is 3.21. The van der Waals surface area contributed by atoms with E-state index in [1.54, 1.807) is 6.92 Å². The molecule has 0 bridgehead atoms. The van der Waals surface area contributed by atoms with Crippen LogP contribution in [-0.2, 0) is 6.42 Å². The van der Waals surface area contributed by atoms with Gasteiger partial charge in [-0.2, -0.15) is 0 Å². The Morgan fingerprint density at radius 1 is 1.08 bits per heavy atom. The zero-order valence-corrected chi connectivity index (χ0v) is 8.73. The fourth-order valence-electron chi connectivity index (χ4n) is 1.12. The maximum Gasteiger partial charge on any atom is 0.149 e. The van der Waals surface area contributed by atoms with Crippen LogP contribution in [0, 0.1) is 18.6 Å². The zero-order valence-electron chi connectivity index (χ0n) is 7.22. The highest BCUT2D eigenvalue weighted by molar-refractivity contribution is 6.34. The Kier molecular flexibility index (Phi) is 3.14. The largest absolute Gasteiger partial charge is 0.205 e. The molecule has 0 fully saturated rings. The molecule has 0 aliphatic rings. The first-order valence-electron chi connectivity index (χ1n) is 3.82. The zero-order chi connectivity index (χ0) is 10.2. The molecule has 4 heteroatoms. The van der Waals surface area contributed by atoms with Crippen LogP contribution in [0.3, 0.4) is 0 Å². The summed E-state index contributed by atoms with van der Waals surface area (Å²) in [6, 6.07) is 0. The molecule has 0 aromatic heterocycles. The van der Waals surface area contributed by atoms with Crippen molar-refractivity contribution in [3.63, 3.8) is 0 Å². The van der Waals surface area contributed by atoms with Gasteiger partial charge in [0.1, 0.15) is 16.7 Å². The lowest BCUT2D eigenvalue weighted by Gasteiger charge is -2.09. The SMILES string of the molecule is CCc1c(F)c(Cl)c(F)c(C)c1Cl. The van der Waals surface area contributed by atoms with Gasteiger partial charge in [0.2, 0.25) is 0 Å². The van der Waals surface area contributed by atoms with E-state index in [9.17, 15) is 8.78 Å². The minimum absolute atomic E-state index is 0.127. The van der Waals surface area contributed by atoms with Crippen LogP contribution in [0.25, 0.3) is 0 Å². The van der Waals surface area contributed by atoms with Crippen molar-refractivity contribution in [2.45, 2.75) is 20.3 Å². The van der Waals surface area contributed by atoms with Gasteiger partial charge < -0.3 is 0 Å². The average molecular weight is 225 g/mol. The van der Waals surface area contributed by atoms with Crippen molar-refractivity contribution in [1.82, 2.24) is 0 Å². The van der Waals surface area contributed by atoms with Gasteiger partial charge in [0.15, 0.2) is 0 Å².